The van der Waals surface area contributed by atoms with Crippen LogP contribution in [-0.4, -0.2) is 38.3 Å². The second-order valence-electron chi connectivity index (χ2n) is 7.85. The summed E-state index contributed by atoms with van der Waals surface area (Å²) in [5, 5.41) is 3.46. The van der Waals surface area contributed by atoms with Gasteiger partial charge in [0.15, 0.2) is 0 Å². The molecule has 1 saturated heterocycles. The van der Waals surface area contributed by atoms with E-state index in [0.717, 1.165) is 29.7 Å². The van der Waals surface area contributed by atoms with Crippen molar-refractivity contribution in [3.63, 3.8) is 0 Å². The Hall–Kier alpha value is -2.09. The minimum Gasteiger partial charge on any atom is -0.492 e. The second-order valence-corrected chi connectivity index (χ2v) is 10.2. The lowest BCUT2D eigenvalue weighted by molar-refractivity contribution is -0.120. The fourth-order valence-electron chi connectivity index (χ4n) is 4.08. The lowest BCUT2D eigenvalue weighted by Crippen LogP contribution is -2.41. The predicted octanol–water partition coefficient (Wildman–Crippen LogP) is 4.90. The zero-order valence-corrected chi connectivity index (χ0v) is 20.4. The summed E-state index contributed by atoms with van der Waals surface area (Å²) >= 11 is 6.06. The molecule has 2 aromatic rings. The van der Waals surface area contributed by atoms with Crippen molar-refractivity contribution in [1.29, 1.82) is 0 Å². The van der Waals surface area contributed by atoms with E-state index >= 15 is 0 Å². The van der Waals surface area contributed by atoms with Crippen LogP contribution in [0.5, 0.6) is 5.75 Å². The van der Waals surface area contributed by atoms with Gasteiger partial charge in [0.05, 0.1) is 6.61 Å². The third-order valence-electron chi connectivity index (χ3n) is 5.90. The Bertz CT molecular complexity index is 1040. The number of anilines is 1. The third kappa shape index (κ3) is 5.27. The van der Waals surface area contributed by atoms with Crippen molar-refractivity contribution < 1.29 is 17.9 Å². The highest BCUT2D eigenvalue weighted by Gasteiger charge is 2.34. The van der Waals surface area contributed by atoms with E-state index in [1.54, 1.807) is 19.1 Å². The molecule has 174 valence electrons. The molecule has 0 aliphatic carbocycles. The minimum absolute atomic E-state index is 0.0459. The molecule has 0 saturated carbocycles. The molecule has 1 heterocycles. The summed E-state index contributed by atoms with van der Waals surface area (Å²) in [5.74, 6) is 0.0113. The third-order valence-corrected chi connectivity index (χ3v) is 8.05. The van der Waals surface area contributed by atoms with Crippen molar-refractivity contribution >= 4 is 33.2 Å². The minimum atomic E-state index is -3.77. The Balaban J connectivity index is 1.72. The molecule has 2 aromatic carbocycles. The van der Waals surface area contributed by atoms with E-state index in [9.17, 15) is 13.2 Å². The number of sulfonamides is 1. The molecule has 1 fully saturated rings. The SMILES string of the molecule is CCOc1ccc(Cl)cc1S(=O)(=O)N1CCC(C(=O)Nc2c(CC)cccc2CC)CC1. The van der Waals surface area contributed by atoms with Crippen LogP contribution in [0.25, 0.3) is 0 Å². The fraction of sp³-hybridized carbons (Fsp3) is 0.458. The van der Waals surface area contributed by atoms with Crippen LogP contribution in [0.4, 0.5) is 5.69 Å². The summed E-state index contributed by atoms with van der Waals surface area (Å²) in [4.78, 5) is 13.1. The standard InChI is InChI=1S/C24H31ClN2O4S/c1-4-17-8-7-9-18(5-2)23(17)26-24(28)19-12-14-27(15-13-19)32(29,30)22-16-20(25)10-11-21(22)31-6-3/h7-11,16,19H,4-6,12-15H2,1-3H3,(H,26,28). The first-order valence-electron chi connectivity index (χ1n) is 11.2. The number of nitrogens with one attached hydrogen (secondary N) is 1. The quantitative estimate of drug-likeness (QED) is 0.585. The maximum absolute atomic E-state index is 13.3. The number of amides is 1. The first-order valence-corrected chi connectivity index (χ1v) is 13.0. The van der Waals surface area contributed by atoms with E-state index in [4.69, 9.17) is 16.3 Å². The molecule has 1 N–H and O–H groups in total. The summed E-state index contributed by atoms with van der Waals surface area (Å²) < 4.78 is 33.4. The van der Waals surface area contributed by atoms with Gasteiger partial charge in [0, 0.05) is 29.7 Å². The van der Waals surface area contributed by atoms with Crippen LogP contribution >= 0.6 is 11.6 Å². The van der Waals surface area contributed by atoms with Gasteiger partial charge in [-0.15, -0.1) is 0 Å². The van der Waals surface area contributed by atoms with Crippen molar-refractivity contribution in [2.75, 3.05) is 25.0 Å². The molecular weight excluding hydrogens is 448 g/mol. The molecule has 0 aromatic heterocycles. The molecule has 0 radical (unpaired) electrons. The molecule has 0 bridgehead atoms. The van der Waals surface area contributed by atoms with Crippen LogP contribution in [-0.2, 0) is 27.7 Å². The first kappa shape index (κ1) is 24.6. The largest absolute Gasteiger partial charge is 0.492 e. The maximum Gasteiger partial charge on any atom is 0.246 e. The number of nitrogens with zero attached hydrogens (tertiary/aromatic N) is 1. The average molecular weight is 479 g/mol. The molecular formula is C24H31ClN2O4S. The van der Waals surface area contributed by atoms with Gasteiger partial charge < -0.3 is 10.1 Å². The van der Waals surface area contributed by atoms with Crippen LogP contribution < -0.4 is 10.1 Å². The monoisotopic (exact) mass is 478 g/mol. The van der Waals surface area contributed by atoms with E-state index in [1.165, 1.54) is 10.4 Å². The molecule has 3 rings (SSSR count). The molecule has 1 amide bonds. The Labute approximate surface area is 196 Å². The number of hydrogen-bond acceptors (Lipinski definition) is 4. The predicted molar refractivity (Wildman–Crippen MR) is 128 cm³/mol. The summed E-state index contributed by atoms with van der Waals surface area (Å²) in [5.41, 5.74) is 3.13. The molecule has 1 aliphatic rings. The van der Waals surface area contributed by atoms with Crippen LogP contribution in [0.2, 0.25) is 5.02 Å². The molecule has 1 aliphatic heterocycles. The first-order chi connectivity index (χ1) is 15.3. The van der Waals surface area contributed by atoms with Crippen LogP contribution in [0, 0.1) is 5.92 Å². The number of ether oxygens (including phenoxy) is 1. The average Bonchev–Trinajstić information content (AvgIpc) is 2.80. The summed E-state index contributed by atoms with van der Waals surface area (Å²) in [7, 11) is -3.77. The molecule has 8 heteroatoms. The Morgan fingerprint density at radius 2 is 1.72 bits per heavy atom. The smallest absolute Gasteiger partial charge is 0.246 e. The number of rotatable bonds is 8. The van der Waals surface area contributed by atoms with Gasteiger partial charge in [0.25, 0.3) is 0 Å². The fourth-order valence-corrected chi connectivity index (χ4v) is 5.95. The van der Waals surface area contributed by atoms with Crippen LogP contribution in [0.3, 0.4) is 0 Å². The topological polar surface area (TPSA) is 75.7 Å². The van der Waals surface area contributed by atoms with Gasteiger partial charge in [-0.1, -0.05) is 43.6 Å². The van der Waals surface area contributed by atoms with E-state index < -0.39 is 10.0 Å². The van der Waals surface area contributed by atoms with Crippen LogP contribution in [0.1, 0.15) is 44.7 Å². The summed E-state index contributed by atoms with van der Waals surface area (Å²) in [6.45, 7) is 6.84. The molecule has 6 nitrogen and oxygen atoms in total. The number of benzene rings is 2. The molecule has 0 atom stereocenters. The summed E-state index contributed by atoms with van der Waals surface area (Å²) in [6.07, 6.45) is 2.60. The highest BCUT2D eigenvalue weighted by atomic mass is 35.5. The molecule has 32 heavy (non-hydrogen) atoms. The van der Waals surface area contributed by atoms with Crippen molar-refractivity contribution in [3.8, 4) is 5.75 Å². The molecule has 0 spiro atoms. The lowest BCUT2D eigenvalue weighted by Gasteiger charge is -2.31. The van der Waals surface area contributed by atoms with E-state index in [1.807, 2.05) is 18.2 Å². The van der Waals surface area contributed by atoms with Crippen molar-refractivity contribution in [3.05, 3.63) is 52.5 Å². The van der Waals surface area contributed by atoms with Crippen molar-refractivity contribution in [2.45, 2.75) is 51.3 Å². The number of piperidine rings is 1. The number of hydrogen-bond donors (Lipinski definition) is 1. The maximum atomic E-state index is 13.3. The van der Waals surface area contributed by atoms with Gasteiger partial charge in [-0.2, -0.15) is 4.31 Å². The molecule has 0 unspecified atom stereocenters. The van der Waals surface area contributed by atoms with Gasteiger partial charge >= 0.3 is 0 Å². The lowest BCUT2D eigenvalue weighted by atomic mass is 9.96. The normalized spacial score (nSPS) is 15.5. The number of halogens is 1. The van der Waals surface area contributed by atoms with Gasteiger partial charge in [-0.3, -0.25) is 4.79 Å². The number of carbonyl (C=O) groups excluding carboxylic acids is 1. The van der Waals surface area contributed by atoms with Gasteiger partial charge in [0.1, 0.15) is 10.6 Å². The van der Waals surface area contributed by atoms with Crippen molar-refractivity contribution in [1.82, 2.24) is 4.31 Å². The Morgan fingerprint density at radius 3 is 2.28 bits per heavy atom. The number of carbonyl (C=O) groups is 1. The number of para-hydroxylation sites is 1. The number of aryl methyl sites for hydroxylation is 2. The van der Waals surface area contributed by atoms with Crippen molar-refractivity contribution in [2.24, 2.45) is 5.92 Å². The zero-order chi connectivity index (χ0) is 23.3. The van der Waals surface area contributed by atoms with E-state index in [2.05, 4.69) is 19.2 Å². The van der Waals surface area contributed by atoms with E-state index in [-0.39, 0.29) is 29.8 Å². The highest BCUT2D eigenvalue weighted by molar-refractivity contribution is 7.89. The Morgan fingerprint density at radius 1 is 1.09 bits per heavy atom. The van der Waals surface area contributed by atoms with Gasteiger partial charge in [-0.05, 0) is 61.9 Å². The highest BCUT2D eigenvalue weighted by Crippen LogP contribution is 2.32. The van der Waals surface area contributed by atoms with Gasteiger partial charge in [0.2, 0.25) is 15.9 Å². The summed E-state index contributed by atoms with van der Waals surface area (Å²) in [6, 6.07) is 10.7. The van der Waals surface area contributed by atoms with Crippen LogP contribution in [0.15, 0.2) is 41.3 Å². The van der Waals surface area contributed by atoms with Gasteiger partial charge in [-0.25, -0.2) is 8.42 Å². The second kappa shape index (κ2) is 10.7. The Kier molecular flexibility index (Phi) is 8.20. The zero-order valence-electron chi connectivity index (χ0n) is 18.9. The van der Waals surface area contributed by atoms with E-state index in [0.29, 0.717) is 30.2 Å².